The maximum atomic E-state index is 14.4. The minimum Gasteiger partial charge on any atom is -0.497 e. The third kappa shape index (κ3) is 3.09. The summed E-state index contributed by atoms with van der Waals surface area (Å²) < 4.78 is 19.5. The van der Waals surface area contributed by atoms with Crippen molar-refractivity contribution in [1.82, 2.24) is 9.97 Å². The van der Waals surface area contributed by atoms with Crippen LogP contribution in [0.1, 0.15) is 17.8 Å². The van der Waals surface area contributed by atoms with Gasteiger partial charge in [-0.2, -0.15) is 0 Å². The molecule has 0 aliphatic rings. The number of hydrogen-bond donors (Lipinski definition) is 1. The summed E-state index contributed by atoms with van der Waals surface area (Å²) in [6.07, 6.45) is 3.41. The molecule has 0 fully saturated rings. The molecule has 1 atom stereocenters. The van der Waals surface area contributed by atoms with Gasteiger partial charge in [-0.3, -0.25) is 4.98 Å². The topological polar surface area (TPSA) is 61.0 Å². The Balaban J connectivity index is 2.13. The van der Waals surface area contributed by atoms with E-state index in [1.54, 1.807) is 24.5 Å². The molecule has 4 nitrogen and oxygen atoms in total. The number of hydrogen-bond acceptors (Lipinski definition) is 5. The van der Waals surface area contributed by atoms with Crippen molar-refractivity contribution in [3.63, 3.8) is 0 Å². The van der Waals surface area contributed by atoms with Gasteiger partial charge in [-0.1, -0.05) is 0 Å². The largest absolute Gasteiger partial charge is 0.497 e. The van der Waals surface area contributed by atoms with Gasteiger partial charge in [-0.15, -0.1) is 11.3 Å². The molecule has 0 aliphatic heterocycles. The van der Waals surface area contributed by atoms with E-state index in [2.05, 4.69) is 9.97 Å². The van der Waals surface area contributed by atoms with Crippen LogP contribution in [-0.4, -0.2) is 17.1 Å². The van der Waals surface area contributed by atoms with E-state index in [1.807, 2.05) is 19.1 Å². The van der Waals surface area contributed by atoms with Crippen LogP contribution in [0.25, 0.3) is 21.8 Å². The lowest BCUT2D eigenvalue weighted by Crippen LogP contribution is -2.04. The summed E-state index contributed by atoms with van der Waals surface area (Å²) in [6.45, 7) is 1.87. The summed E-state index contributed by atoms with van der Waals surface area (Å²) in [4.78, 5) is 9.47. The number of thiazole rings is 1. The summed E-state index contributed by atoms with van der Waals surface area (Å²) in [5, 5.41) is 0.796. The van der Waals surface area contributed by atoms with Crippen LogP contribution in [0.4, 0.5) is 4.39 Å². The minimum absolute atomic E-state index is 0.236. The fourth-order valence-electron chi connectivity index (χ4n) is 2.27. The molecule has 23 heavy (non-hydrogen) atoms. The van der Waals surface area contributed by atoms with Crippen LogP contribution >= 0.6 is 11.3 Å². The van der Waals surface area contributed by atoms with Crippen LogP contribution in [0.2, 0.25) is 0 Å². The highest BCUT2D eigenvalue weighted by molar-refractivity contribution is 7.15. The highest BCUT2D eigenvalue weighted by Crippen LogP contribution is 2.38. The third-order valence-electron chi connectivity index (χ3n) is 3.43. The zero-order valence-electron chi connectivity index (χ0n) is 12.8. The number of pyridine rings is 1. The van der Waals surface area contributed by atoms with Gasteiger partial charge in [0.25, 0.3) is 0 Å². The predicted octanol–water partition coefficient (Wildman–Crippen LogP) is 4.04. The lowest BCUT2D eigenvalue weighted by atomic mass is 10.1. The second kappa shape index (κ2) is 6.44. The van der Waals surface area contributed by atoms with Gasteiger partial charge in [0.15, 0.2) is 0 Å². The monoisotopic (exact) mass is 329 g/mol. The van der Waals surface area contributed by atoms with Crippen molar-refractivity contribution in [2.24, 2.45) is 5.73 Å². The number of nitrogens with zero attached hydrogens (tertiary/aromatic N) is 2. The van der Waals surface area contributed by atoms with Crippen molar-refractivity contribution < 1.29 is 9.13 Å². The molecular weight excluding hydrogens is 313 g/mol. The van der Waals surface area contributed by atoms with Gasteiger partial charge in [-0.25, -0.2) is 9.37 Å². The first-order valence-corrected chi connectivity index (χ1v) is 7.92. The molecule has 0 aliphatic carbocycles. The molecule has 0 saturated carbocycles. The fourth-order valence-corrected chi connectivity index (χ4v) is 3.30. The number of methoxy groups -OCH3 is 1. The molecule has 0 spiro atoms. The Hall–Kier alpha value is -2.31. The predicted molar refractivity (Wildman–Crippen MR) is 89.9 cm³/mol. The highest BCUT2D eigenvalue weighted by Gasteiger charge is 2.20. The van der Waals surface area contributed by atoms with Gasteiger partial charge in [0.2, 0.25) is 0 Å². The van der Waals surface area contributed by atoms with Crippen LogP contribution < -0.4 is 10.5 Å². The van der Waals surface area contributed by atoms with Gasteiger partial charge < -0.3 is 10.5 Å². The van der Waals surface area contributed by atoms with Crippen molar-refractivity contribution in [2.45, 2.75) is 13.0 Å². The fraction of sp³-hybridized carbons (Fsp3) is 0.176. The van der Waals surface area contributed by atoms with Crippen molar-refractivity contribution >= 4 is 11.3 Å². The second-order valence-electron chi connectivity index (χ2n) is 5.10. The molecule has 0 saturated heterocycles. The first-order valence-electron chi connectivity index (χ1n) is 7.10. The highest BCUT2D eigenvalue weighted by atomic mass is 32.1. The van der Waals surface area contributed by atoms with Crippen LogP contribution in [-0.2, 0) is 0 Å². The average Bonchev–Trinajstić information content (AvgIpc) is 3.01. The molecule has 2 N–H and O–H groups in total. The molecule has 118 valence electrons. The SMILES string of the molecule is COc1ccc(-c2nc(-c3ccncc3)sc2C(C)N)c(F)c1. The van der Waals surface area contributed by atoms with Gasteiger partial charge >= 0.3 is 0 Å². The quantitative estimate of drug-likeness (QED) is 0.785. The Morgan fingerprint density at radius 1 is 1.22 bits per heavy atom. The van der Waals surface area contributed by atoms with Crippen molar-refractivity contribution in [1.29, 1.82) is 0 Å². The molecule has 3 aromatic rings. The maximum Gasteiger partial charge on any atom is 0.136 e. The van der Waals surface area contributed by atoms with Crippen LogP contribution in [0.15, 0.2) is 42.7 Å². The van der Waals surface area contributed by atoms with Crippen LogP contribution in [0.3, 0.4) is 0 Å². The standard InChI is InChI=1S/C17H16FN3OS/c1-10(19)16-15(13-4-3-12(22-2)9-14(13)18)21-17(23-16)11-5-7-20-8-6-11/h3-10H,19H2,1-2H3. The molecule has 1 unspecified atom stereocenters. The van der Waals surface area contributed by atoms with E-state index >= 15 is 0 Å². The molecule has 2 heterocycles. The molecule has 1 aromatic carbocycles. The minimum atomic E-state index is -0.377. The smallest absolute Gasteiger partial charge is 0.136 e. The molecular formula is C17H16FN3OS. The van der Waals surface area contributed by atoms with Crippen molar-refractivity contribution in [3.05, 3.63) is 53.4 Å². The van der Waals surface area contributed by atoms with Gasteiger partial charge in [-0.05, 0) is 31.2 Å². The van der Waals surface area contributed by atoms with E-state index in [4.69, 9.17) is 10.5 Å². The lowest BCUT2D eigenvalue weighted by Gasteiger charge is -2.07. The average molecular weight is 329 g/mol. The number of aromatic nitrogens is 2. The summed E-state index contributed by atoms with van der Waals surface area (Å²) in [6, 6.07) is 8.25. The normalized spacial score (nSPS) is 12.2. The Bertz CT molecular complexity index is 818. The van der Waals surface area contributed by atoms with E-state index < -0.39 is 0 Å². The Labute approximate surface area is 137 Å². The molecule has 6 heteroatoms. The van der Waals surface area contributed by atoms with E-state index in [9.17, 15) is 4.39 Å². The second-order valence-corrected chi connectivity index (χ2v) is 6.13. The van der Waals surface area contributed by atoms with E-state index in [0.29, 0.717) is 17.0 Å². The summed E-state index contributed by atoms with van der Waals surface area (Å²) in [5.74, 6) is 0.0935. The number of ether oxygens (including phenoxy) is 1. The zero-order valence-corrected chi connectivity index (χ0v) is 13.6. The van der Waals surface area contributed by atoms with E-state index in [0.717, 1.165) is 15.4 Å². The third-order valence-corrected chi connectivity index (χ3v) is 4.73. The summed E-state index contributed by atoms with van der Waals surface area (Å²) in [5.41, 5.74) is 8.00. The van der Waals surface area contributed by atoms with Gasteiger partial charge in [0, 0.05) is 40.5 Å². The number of nitrogens with two attached hydrogens (primary N) is 1. The number of halogens is 1. The first-order chi connectivity index (χ1) is 11.1. The maximum absolute atomic E-state index is 14.4. The molecule has 3 rings (SSSR count). The Kier molecular flexibility index (Phi) is 4.36. The van der Waals surface area contributed by atoms with Crippen molar-refractivity contribution in [2.75, 3.05) is 7.11 Å². The van der Waals surface area contributed by atoms with Crippen LogP contribution in [0, 0.1) is 5.82 Å². The molecule has 0 amide bonds. The molecule has 0 radical (unpaired) electrons. The first kappa shape index (κ1) is 15.6. The van der Waals surface area contributed by atoms with Crippen molar-refractivity contribution in [3.8, 4) is 27.6 Å². The lowest BCUT2D eigenvalue weighted by molar-refractivity contribution is 0.411. The van der Waals surface area contributed by atoms with Crippen LogP contribution in [0.5, 0.6) is 5.75 Å². The number of benzene rings is 1. The van der Waals surface area contributed by atoms with E-state index in [1.165, 1.54) is 24.5 Å². The zero-order chi connectivity index (χ0) is 16.4. The summed E-state index contributed by atoms with van der Waals surface area (Å²) >= 11 is 1.47. The summed E-state index contributed by atoms with van der Waals surface area (Å²) in [7, 11) is 1.51. The van der Waals surface area contributed by atoms with Gasteiger partial charge in [0.1, 0.15) is 16.6 Å². The Morgan fingerprint density at radius 3 is 2.57 bits per heavy atom. The van der Waals surface area contributed by atoms with Gasteiger partial charge in [0.05, 0.1) is 12.8 Å². The Morgan fingerprint density at radius 2 is 1.96 bits per heavy atom. The molecule has 0 bridgehead atoms. The number of rotatable bonds is 4. The molecule has 2 aromatic heterocycles. The van der Waals surface area contributed by atoms with E-state index in [-0.39, 0.29) is 11.9 Å².